The number of amides is 1. The third-order valence-electron chi connectivity index (χ3n) is 3.24. The van der Waals surface area contributed by atoms with E-state index in [0.29, 0.717) is 23.3 Å². The normalized spacial score (nSPS) is 15.3. The molecule has 1 amide bonds. The van der Waals surface area contributed by atoms with Crippen molar-refractivity contribution < 1.29 is 4.79 Å². The predicted octanol–water partition coefficient (Wildman–Crippen LogP) is 1.62. The number of carbonyl (C=O) groups is 1. The van der Waals surface area contributed by atoms with Crippen LogP contribution in [0.4, 0.5) is 10.9 Å². The maximum Gasteiger partial charge on any atom is 0.265 e. The van der Waals surface area contributed by atoms with E-state index in [1.165, 1.54) is 24.2 Å². The summed E-state index contributed by atoms with van der Waals surface area (Å²) in [5.41, 5.74) is 5.86. The van der Waals surface area contributed by atoms with E-state index in [-0.39, 0.29) is 11.3 Å². The average Bonchev–Trinajstić information content (AvgIpc) is 3.07. The van der Waals surface area contributed by atoms with E-state index in [9.17, 15) is 4.79 Å². The van der Waals surface area contributed by atoms with Crippen LogP contribution in [0.5, 0.6) is 0 Å². The van der Waals surface area contributed by atoms with E-state index in [1.807, 2.05) is 14.1 Å². The monoisotopic (exact) mass is 311 g/mol. The van der Waals surface area contributed by atoms with Gasteiger partial charge in [-0.2, -0.15) is 0 Å². The summed E-state index contributed by atoms with van der Waals surface area (Å²) in [6.45, 7) is 5.76. The van der Waals surface area contributed by atoms with Crippen LogP contribution in [-0.2, 0) is 0 Å². The molecule has 1 saturated carbocycles. The summed E-state index contributed by atoms with van der Waals surface area (Å²) in [6, 6.07) is 0.505. The Hall–Kier alpha value is -1.34. The number of nitrogens with two attached hydrogens (primary N) is 1. The lowest BCUT2D eigenvalue weighted by Crippen LogP contribution is -2.39. The van der Waals surface area contributed by atoms with Crippen molar-refractivity contribution in [1.29, 1.82) is 0 Å². The Morgan fingerprint density at radius 1 is 1.48 bits per heavy atom. The highest BCUT2D eigenvalue weighted by atomic mass is 32.1. The number of carbonyl (C=O) groups excluding carboxylic acids is 1. The molecule has 1 aromatic rings. The third-order valence-corrected chi connectivity index (χ3v) is 4.24. The molecule has 6 nitrogen and oxygen atoms in total. The lowest BCUT2D eigenvalue weighted by atomic mass is 9.93. The Kier molecular flexibility index (Phi) is 4.73. The van der Waals surface area contributed by atoms with Crippen LogP contribution in [0.2, 0.25) is 0 Å². The fourth-order valence-corrected chi connectivity index (χ4v) is 3.15. The maximum atomic E-state index is 12.3. The molecule has 1 fully saturated rings. The summed E-state index contributed by atoms with van der Waals surface area (Å²) >= 11 is 1.33. The van der Waals surface area contributed by atoms with Gasteiger partial charge in [0.2, 0.25) is 0 Å². The molecule has 1 aliphatic rings. The summed E-state index contributed by atoms with van der Waals surface area (Å²) in [6.07, 6.45) is 2.33. The van der Waals surface area contributed by atoms with Gasteiger partial charge in [-0.1, -0.05) is 25.2 Å². The molecule has 0 unspecified atom stereocenters. The van der Waals surface area contributed by atoms with Crippen molar-refractivity contribution in [3.63, 3.8) is 0 Å². The highest BCUT2D eigenvalue weighted by molar-refractivity contribution is 7.18. The highest BCUT2D eigenvalue weighted by Crippen LogP contribution is 2.30. The van der Waals surface area contributed by atoms with Crippen molar-refractivity contribution >= 4 is 28.2 Å². The second-order valence-corrected chi connectivity index (χ2v) is 7.74. The number of thiazole rings is 1. The summed E-state index contributed by atoms with van der Waals surface area (Å²) in [5.74, 6) is 0.173. The van der Waals surface area contributed by atoms with Crippen LogP contribution < -0.4 is 16.4 Å². The van der Waals surface area contributed by atoms with E-state index >= 15 is 0 Å². The molecule has 4 N–H and O–H groups in total. The smallest absolute Gasteiger partial charge is 0.265 e. The van der Waals surface area contributed by atoms with Gasteiger partial charge in [0.1, 0.15) is 10.7 Å². The minimum atomic E-state index is -0.138. The van der Waals surface area contributed by atoms with E-state index < -0.39 is 0 Å². The van der Waals surface area contributed by atoms with Gasteiger partial charge in [0.05, 0.1) is 0 Å². The molecular weight excluding hydrogens is 286 g/mol. The van der Waals surface area contributed by atoms with Gasteiger partial charge in [-0.05, 0) is 32.4 Å². The molecule has 2 rings (SSSR count). The predicted molar refractivity (Wildman–Crippen MR) is 87.8 cm³/mol. The zero-order chi connectivity index (χ0) is 15.6. The number of rotatable bonds is 7. The molecule has 0 aliphatic heterocycles. The number of nitrogens with one attached hydrogen (secondary N) is 2. The van der Waals surface area contributed by atoms with Crippen molar-refractivity contribution in [3.05, 3.63) is 4.88 Å². The SMILES string of the molecule is CN(C)CC(C)(C)CNC(=O)c1sc(NC2CC2)nc1N. The molecule has 1 aliphatic carbocycles. The quantitative estimate of drug-likeness (QED) is 0.712. The van der Waals surface area contributed by atoms with Gasteiger partial charge in [-0.25, -0.2) is 4.98 Å². The number of nitrogens with zero attached hydrogens (tertiary/aromatic N) is 2. The number of hydrogen-bond donors (Lipinski definition) is 3. The van der Waals surface area contributed by atoms with Crippen LogP contribution >= 0.6 is 11.3 Å². The van der Waals surface area contributed by atoms with E-state index in [1.54, 1.807) is 0 Å². The van der Waals surface area contributed by atoms with Crippen LogP contribution in [0.15, 0.2) is 0 Å². The molecule has 0 bridgehead atoms. The van der Waals surface area contributed by atoms with Gasteiger partial charge in [0.25, 0.3) is 5.91 Å². The molecule has 0 aromatic carbocycles. The van der Waals surface area contributed by atoms with Gasteiger partial charge >= 0.3 is 0 Å². The molecule has 0 saturated heterocycles. The fraction of sp³-hybridized carbons (Fsp3) is 0.714. The van der Waals surface area contributed by atoms with Gasteiger partial charge in [0, 0.05) is 19.1 Å². The summed E-state index contributed by atoms with van der Waals surface area (Å²) in [4.78, 5) is 19.1. The van der Waals surface area contributed by atoms with Crippen molar-refractivity contribution in [1.82, 2.24) is 15.2 Å². The van der Waals surface area contributed by atoms with Crippen molar-refractivity contribution in [2.24, 2.45) is 5.41 Å². The fourth-order valence-electron chi connectivity index (χ4n) is 2.27. The van der Waals surface area contributed by atoms with E-state index in [0.717, 1.165) is 11.7 Å². The van der Waals surface area contributed by atoms with Crippen LogP contribution in [0, 0.1) is 5.41 Å². The number of hydrogen-bond acceptors (Lipinski definition) is 6. The van der Waals surface area contributed by atoms with Gasteiger partial charge in [-0.3, -0.25) is 4.79 Å². The summed E-state index contributed by atoms with van der Waals surface area (Å²) in [7, 11) is 4.06. The molecule has 118 valence electrons. The first kappa shape index (κ1) is 16.0. The molecule has 0 radical (unpaired) electrons. The summed E-state index contributed by atoms with van der Waals surface area (Å²) in [5, 5.41) is 6.98. The van der Waals surface area contributed by atoms with Gasteiger partial charge in [-0.15, -0.1) is 0 Å². The Balaban J connectivity index is 1.91. The van der Waals surface area contributed by atoms with E-state index in [4.69, 9.17) is 5.73 Å². The average molecular weight is 311 g/mol. The number of anilines is 2. The first-order valence-corrected chi connectivity index (χ1v) is 8.04. The lowest BCUT2D eigenvalue weighted by molar-refractivity contribution is 0.0934. The zero-order valence-corrected chi connectivity index (χ0v) is 14.0. The van der Waals surface area contributed by atoms with Crippen molar-refractivity contribution in [2.45, 2.75) is 32.7 Å². The number of aromatic nitrogens is 1. The summed E-state index contributed by atoms with van der Waals surface area (Å²) < 4.78 is 0. The second kappa shape index (κ2) is 6.19. The maximum absolute atomic E-state index is 12.3. The van der Waals surface area contributed by atoms with Gasteiger partial charge < -0.3 is 21.3 Å². The Labute approximate surface area is 130 Å². The minimum absolute atomic E-state index is 0.00764. The van der Waals surface area contributed by atoms with Crippen LogP contribution in [0.1, 0.15) is 36.4 Å². The number of nitrogen functional groups attached to an aromatic ring is 1. The van der Waals surface area contributed by atoms with Crippen LogP contribution in [0.25, 0.3) is 0 Å². The molecule has 1 aromatic heterocycles. The first-order chi connectivity index (χ1) is 9.77. The standard InChI is InChI=1S/C14H25N5OS/c1-14(2,8-19(3)4)7-16-12(20)10-11(15)18-13(21-10)17-9-5-6-9/h9H,5-8,15H2,1-4H3,(H,16,20)(H,17,18). The Bertz CT molecular complexity index is 507. The second-order valence-electron chi connectivity index (χ2n) is 6.74. The molecule has 21 heavy (non-hydrogen) atoms. The molecule has 1 heterocycles. The molecule has 0 atom stereocenters. The van der Waals surface area contributed by atoms with E-state index in [2.05, 4.69) is 34.4 Å². The molecule has 0 spiro atoms. The third kappa shape index (κ3) is 4.86. The topological polar surface area (TPSA) is 83.3 Å². The Morgan fingerprint density at radius 3 is 2.71 bits per heavy atom. The Morgan fingerprint density at radius 2 is 2.14 bits per heavy atom. The van der Waals surface area contributed by atoms with Gasteiger partial charge in [0.15, 0.2) is 5.13 Å². The largest absolute Gasteiger partial charge is 0.382 e. The van der Waals surface area contributed by atoms with Crippen LogP contribution in [-0.4, -0.2) is 49.0 Å². The highest BCUT2D eigenvalue weighted by Gasteiger charge is 2.25. The lowest BCUT2D eigenvalue weighted by Gasteiger charge is -2.28. The minimum Gasteiger partial charge on any atom is -0.382 e. The van der Waals surface area contributed by atoms with Crippen molar-refractivity contribution in [3.8, 4) is 0 Å². The molecular formula is C14H25N5OS. The molecule has 7 heteroatoms. The van der Waals surface area contributed by atoms with Crippen molar-refractivity contribution in [2.75, 3.05) is 38.2 Å². The first-order valence-electron chi connectivity index (χ1n) is 7.22. The zero-order valence-electron chi connectivity index (χ0n) is 13.2. The van der Waals surface area contributed by atoms with Crippen LogP contribution in [0.3, 0.4) is 0 Å².